The molecule has 4 nitrogen and oxygen atoms in total. The van der Waals surface area contributed by atoms with E-state index in [1.807, 2.05) is 4.42 Å². The van der Waals surface area contributed by atoms with Crippen LogP contribution < -0.4 is 9.43 Å². The van der Waals surface area contributed by atoms with Crippen molar-refractivity contribution in [3.8, 4) is 0 Å². The lowest BCUT2D eigenvalue weighted by Crippen LogP contribution is -2.51. The number of benzene rings is 1. The molecule has 1 aromatic carbocycles. The van der Waals surface area contributed by atoms with Crippen LogP contribution in [0.3, 0.4) is 0 Å². The van der Waals surface area contributed by atoms with Gasteiger partial charge in [-0.15, -0.1) is 11.3 Å². The summed E-state index contributed by atoms with van der Waals surface area (Å²) in [5, 5.41) is 9.26. The van der Waals surface area contributed by atoms with Gasteiger partial charge in [0.05, 0.1) is 23.6 Å². The van der Waals surface area contributed by atoms with Crippen molar-refractivity contribution in [2.24, 2.45) is 0 Å². The fourth-order valence-electron chi connectivity index (χ4n) is 3.13. The van der Waals surface area contributed by atoms with Crippen LogP contribution in [0, 0.1) is 0 Å². The number of fused-ring (bicyclic) bond motifs is 2. The molecule has 0 saturated carbocycles. The molecular weight excluding hydrogens is 316 g/mol. The van der Waals surface area contributed by atoms with E-state index in [1.54, 1.807) is 11.3 Å². The molecule has 1 saturated heterocycles. The van der Waals surface area contributed by atoms with E-state index in [2.05, 4.69) is 57.0 Å². The Morgan fingerprint density at radius 2 is 1.68 bits per heavy atom. The van der Waals surface area contributed by atoms with Gasteiger partial charge in [-0.05, 0) is 24.6 Å². The van der Waals surface area contributed by atoms with Crippen molar-refractivity contribution >= 4 is 40.2 Å². The van der Waals surface area contributed by atoms with E-state index >= 15 is 0 Å². The first-order valence-electron chi connectivity index (χ1n) is 7.55. The predicted octanol–water partition coefficient (Wildman–Crippen LogP) is 3.52. The second kappa shape index (κ2) is 5.74. The number of halogens is 1. The number of hydrogen-bond acceptors (Lipinski definition) is 5. The number of thiophene rings is 1. The maximum atomic E-state index is 6.55. The molecule has 2 aliphatic heterocycles. The number of para-hydroxylation sites is 2. The van der Waals surface area contributed by atoms with Gasteiger partial charge in [-0.25, -0.2) is 5.01 Å². The molecule has 116 valence electrons. The standard InChI is InChI=1S/C16H19ClN4S/c1-18-6-8-19(9-7-18)21-15-5-3-2-4-14(15)20(17)10-13-11-22-12-16(13)21/h2-5,11-12H,6-10H2,1H3. The molecule has 2 aromatic rings. The van der Waals surface area contributed by atoms with Gasteiger partial charge in [0.1, 0.15) is 0 Å². The fourth-order valence-corrected chi connectivity index (χ4v) is 4.21. The zero-order chi connectivity index (χ0) is 15.1. The summed E-state index contributed by atoms with van der Waals surface area (Å²) in [6, 6.07) is 8.40. The van der Waals surface area contributed by atoms with Gasteiger partial charge in [-0.2, -0.15) is 0 Å². The van der Waals surface area contributed by atoms with Gasteiger partial charge in [0.15, 0.2) is 0 Å². The molecule has 2 aliphatic rings. The van der Waals surface area contributed by atoms with E-state index in [4.69, 9.17) is 11.8 Å². The van der Waals surface area contributed by atoms with E-state index in [9.17, 15) is 0 Å². The van der Waals surface area contributed by atoms with Gasteiger partial charge in [0.2, 0.25) is 0 Å². The highest BCUT2D eigenvalue weighted by atomic mass is 35.5. The summed E-state index contributed by atoms with van der Waals surface area (Å²) in [5.74, 6) is 0. The lowest BCUT2D eigenvalue weighted by molar-refractivity contribution is 0.155. The van der Waals surface area contributed by atoms with Crippen LogP contribution in [0.2, 0.25) is 0 Å². The van der Waals surface area contributed by atoms with Crippen molar-refractivity contribution in [1.29, 1.82) is 0 Å². The maximum absolute atomic E-state index is 6.55. The summed E-state index contributed by atoms with van der Waals surface area (Å²) in [6.45, 7) is 4.97. The molecule has 1 aromatic heterocycles. The van der Waals surface area contributed by atoms with Crippen molar-refractivity contribution < 1.29 is 0 Å². The lowest BCUT2D eigenvalue weighted by Gasteiger charge is -2.41. The Kier molecular flexibility index (Phi) is 3.74. The van der Waals surface area contributed by atoms with E-state index in [-0.39, 0.29) is 0 Å². The predicted molar refractivity (Wildman–Crippen MR) is 94.0 cm³/mol. The number of piperazine rings is 1. The molecule has 0 atom stereocenters. The van der Waals surface area contributed by atoms with Crippen molar-refractivity contribution in [2.45, 2.75) is 6.54 Å². The molecule has 4 rings (SSSR count). The van der Waals surface area contributed by atoms with Crippen molar-refractivity contribution in [3.05, 3.63) is 40.6 Å². The normalized spacial score (nSPS) is 19.7. The van der Waals surface area contributed by atoms with Crippen LogP contribution in [0.4, 0.5) is 17.1 Å². The Hall–Kier alpha value is -1.27. The summed E-state index contributed by atoms with van der Waals surface area (Å²) in [6.07, 6.45) is 0. The van der Waals surface area contributed by atoms with E-state index in [0.717, 1.165) is 38.4 Å². The second-order valence-electron chi connectivity index (χ2n) is 5.86. The summed E-state index contributed by atoms with van der Waals surface area (Å²) in [4.78, 5) is 2.38. The van der Waals surface area contributed by atoms with Gasteiger partial charge >= 0.3 is 0 Å². The van der Waals surface area contributed by atoms with E-state index in [0.29, 0.717) is 0 Å². The summed E-state index contributed by atoms with van der Waals surface area (Å²) < 4.78 is 1.83. The van der Waals surface area contributed by atoms with Gasteiger partial charge in [0.25, 0.3) is 0 Å². The topological polar surface area (TPSA) is 13.0 Å². The number of rotatable bonds is 1. The SMILES string of the molecule is CN1CCN(N2c3cscc3CN(Cl)c3ccccc32)CC1. The molecule has 0 radical (unpaired) electrons. The third-order valence-electron chi connectivity index (χ3n) is 4.39. The minimum absolute atomic E-state index is 0.738. The van der Waals surface area contributed by atoms with Gasteiger partial charge in [-0.3, -0.25) is 9.43 Å². The second-order valence-corrected chi connectivity index (χ2v) is 7.01. The molecule has 1 fully saturated rings. The number of anilines is 3. The number of hydrogen-bond donors (Lipinski definition) is 0. The molecule has 0 N–H and O–H groups in total. The first-order chi connectivity index (χ1) is 10.7. The van der Waals surface area contributed by atoms with Gasteiger partial charge < -0.3 is 4.90 Å². The van der Waals surface area contributed by atoms with Crippen molar-refractivity contribution in [3.63, 3.8) is 0 Å². The minimum atomic E-state index is 0.738. The zero-order valence-electron chi connectivity index (χ0n) is 12.6. The Morgan fingerprint density at radius 3 is 2.45 bits per heavy atom. The molecule has 0 aliphatic carbocycles. The number of hydrazine groups is 1. The highest BCUT2D eigenvalue weighted by Crippen LogP contribution is 2.43. The smallest absolute Gasteiger partial charge is 0.0826 e. The molecule has 0 amide bonds. The van der Waals surface area contributed by atoms with Crippen LogP contribution in [-0.2, 0) is 6.54 Å². The molecule has 22 heavy (non-hydrogen) atoms. The first-order valence-corrected chi connectivity index (χ1v) is 8.83. The largest absolute Gasteiger partial charge is 0.304 e. The van der Waals surface area contributed by atoms with E-state index in [1.165, 1.54) is 16.9 Å². The lowest BCUT2D eigenvalue weighted by atomic mass is 10.2. The molecular formula is C16H19ClN4S. The Balaban J connectivity index is 1.81. The summed E-state index contributed by atoms with van der Waals surface area (Å²) >= 11 is 8.29. The zero-order valence-corrected chi connectivity index (χ0v) is 14.1. The van der Waals surface area contributed by atoms with Gasteiger partial charge in [0, 0.05) is 48.9 Å². The maximum Gasteiger partial charge on any atom is 0.0826 e. The summed E-state index contributed by atoms with van der Waals surface area (Å²) in [5.41, 5.74) is 4.80. The first kappa shape index (κ1) is 14.3. The third kappa shape index (κ3) is 2.38. The van der Waals surface area contributed by atoms with Crippen LogP contribution in [0.5, 0.6) is 0 Å². The monoisotopic (exact) mass is 334 g/mol. The van der Waals surface area contributed by atoms with Crippen LogP contribution in [0.25, 0.3) is 0 Å². The minimum Gasteiger partial charge on any atom is -0.304 e. The van der Waals surface area contributed by atoms with Crippen LogP contribution in [-0.4, -0.2) is 43.1 Å². The van der Waals surface area contributed by atoms with Crippen LogP contribution in [0.15, 0.2) is 35.0 Å². The third-order valence-corrected chi connectivity index (χ3v) is 5.47. The molecule has 0 unspecified atom stereocenters. The Bertz CT molecular complexity index is 666. The van der Waals surface area contributed by atoms with Crippen LogP contribution >= 0.6 is 23.1 Å². The summed E-state index contributed by atoms with van der Waals surface area (Å²) in [7, 11) is 2.18. The highest BCUT2D eigenvalue weighted by Gasteiger charge is 2.30. The Morgan fingerprint density at radius 1 is 0.955 bits per heavy atom. The average Bonchev–Trinajstić information content (AvgIpc) is 2.93. The van der Waals surface area contributed by atoms with Gasteiger partial charge in [-0.1, -0.05) is 12.1 Å². The molecule has 6 heteroatoms. The highest BCUT2D eigenvalue weighted by molar-refractivity contribution is 7.08. The fraction of sp³-hybridized carbons (Fsp3) is 0.375. The van der Waals surface area contributed by atoms with Crippen molar-refractivity contribution in [2.75, 3.05) is 42.7 Å². The van der Waals surface area contributed by atoms with E-state index < -0.39 is 0 Å². The molecule has 0 spiro atoms. The van der Waals surface area contributed by atoms with Crippen LogP contribution in [0.1, 0.15) is 5.56 Å². The van der Waals surface area contributed by atoms with Crippen molar-refractivity contribution in [1.82, 2.24) is 9.91 Å². The Labute approximate surface area is 140 Å². The molecule has 3 heterocycles. The number of likely N-dealkylation sites (N-methyl/N-ethyl adjacent to an activating group) is 1. The quantitative estimate of drug-likeness (QED) is 0.740. The average molecular weight is 335 g/mol. The molecule has 0 bridgehead atoms. The number of nitrogens with zero attached hydrogens (tertiary/aromatic N) is 4.